The predicted octanol–water partition coefficient (Wildman–Crippen LogP) is 0.503. The molecule has 0 atom stereocenters. The molecule has 1 fully saturated rings. The first-order chi connectivity index (χ1) is 12.1. The lowest BCUT2D eigenvalue weighted by atomic mass is 10.1. The Kier molecular flexibility index (Phi) is 5.40. The summed E-state index contributed by atoms with van der Waals surface area (Å²) >= 11 is 0. The number of nitrogen functional groups attached to an aromatic ring is 1. The van der Waals surface area contributed by atoms with Crippen molar-refractivity contribution < 1.29 is 23.8 Å². The molecule has 0 spiro atoms. The number of hydrogen-bond acceptors (Lipinski definition) is 7. The van der Waals surface area contributed by atoms with E-state index in [0.29, 0.717) is 18.0 Å². The monoisotopic (exact) mass is 349 g/mol. The third-order valence-corrected chi connectivity index (χ3v) is 4.44. The zero-order chi connectivity index (χ0) is 17.8. The maximum absolute atomic E-state index is 12.3. The minimum Gasteiger partial charge on any atom is -0.481 e. The highest BCUT2D eigenvalue weighted by molar-refractivity contribution is 6.02. The molecule has 1 saturated heterocycles. The van der Waals surface area contributed by atoms with Crippen LogP contribution in [0.5, 0.6) is 5.75 Å². The smallest absolute Gasteiger partial charge is 0.340 e. The number of benzene rings is 1. The Balaban J connectivity index is 1.73. The van der Waals surface area contributed by atoms with E-state index in [-0.39, 0.29) is 23.8 Å². The number of hydrogen-bond donors (Lipinski definition) is 1. The fourth-order valence-electron chi connectivity index (χ4n) is 3.07. The van der Waals surface area contributed by atoms with Gasteiger partial charge in [0.1, 0.15) is 5.75 Å². The lowest BCUT2D eigenvalue weighted by Gasteiger charge is -2.31. The third kappa shape index (κ3) is 3.85. The van der Waals surface area contributed by atoms with E-state index in [2.05, 4.69) is 4.90 Å². The van der Waals surface area contributed by atoms with E-state index in [1.165, 1.54) is 7.11 Å². The van der Waals surface area contributed by atoms with Gasteiger partial charge >= 0.3 is 5.97 Å². The quantitative estimate of drug-likeness (QED) is 0.611. The molecule has 0 aromatic heterocycles. The fraction of sp³-hybridized carbons (Fsp3) is 0.529. The second-order valence-corrected chi connectivity index (χ2v) is 6.04. The number of ether oxygens (including phenoxy) is 3. The van der Waals surface area contributed by atoms with Gasteiger partial charge in [0, 0.05) is 37.9 Å². The number of carbonyl (C=O) groups excluding carboxylic acids is 2. The van der Waals surface area contributed by atoms with Crippen LogP contribution in [0.3, 0.4) is 0 Å². The van der Waals surface area contributed by atoms with Gasteiger partial charge in [-0.3, -0.25) is 9.69 Å². The van der Waals surface area contributed by atoms with Crippen molar-refractivity contribution in [2.24, 2.45) is 0 Å². The second-order valence-electron chi connectivity index (χ2n) is 6.04. The average molecular weight is 349 g/mol. The number of amides is 1. The number of nitrogens with two attached hydrogens (primary N) is 1. The highest BCUT2D eigenvalue weighted by atomic mass is 16.5. The number of morpholine rings is 1. The van der Waals surface area contributed by atoms with Crippen LogP contribution in [0, 0.1) is 0 Å². The predicted molar refractivity (Wildman–Crippen MR) is 91.9 cm³/mol. The Hall–Kier alpha value is -2.32. The molecule has 0 bridgehead atoms. The summed E-state index contributed by atoms with van der Waals surface area (Å²) in [4.78, 5) is 28.1. The SMILES string of the molecule is COC(=O)c1cc2c(cc1N)OCC(=O)N2CCCN1CCOCC1. The van der Waals surface area contributed by atoms with Gasteiger partial charge in [-0.2, -0.15) is 0 Å². The number of esters is 1. The molecule has 136 valence electrons. The maximum atomic E-state index is 12.3. The van der Waals surface area contributed by atoms with Gasteiger partial charge in [0.25, 0.3) is 5.91 Å². The molecule has 2 aliphatic heterocycles. The molecule has 1 amide bonds. The molecule has 8 nitrogen and oxygen atoms in total. The summed E-state index contributed by atoms with van der Waals surface area (Å²) < 4.78 is 15.5. The summed E-state index contributed by atoms with van der Waals surface area (Å²) in [5, 5.41) is 0. The van der Waals surface area contributed by atoms with Crippen LogP contribution < -0.4 is 15.4 Å². The maximum Gasteiger partial charge on any atom is 0.340 e. The Morgan fingerprint density at radius 3 is 2.76 bits per heavy atom. The molecule has 8 heteroatoms. The number of fused-ring (bicyclic) bond motifs is 1. The van der Waals surface area contributed by atoms with Crippen molar-refractivity contribution >= 4 is 23.3 Å². The summed E-state index contributed by atoms with van der Waals surface area (Å²) in [7, 11) is 1.29. The molecule has 2 heterocycles. The number of rotatable bonds is 5. The van der Waals surface area contributed by atoms with E-state index in [9.17, 15) is 9.59 Å². The van der Waals surface area contributed by atoms with Crippen molar-refractivity contribution in [3.05, 3.63) is 17.7 Å². The van der Waals surface area contributed by atoms with Gasteiger partial charge in [0.2, 0.25) is 0 Å². The second kappa shape index (κ2) is 7.71. The van der Waals surface area contributed by atoms with Gasteiger partial charge < -0.3 is 24.8 Å². The van der Waals surface area contributed by atoms with Crippen LogP contribution >= 0.6 is 0 Å². The molecule has 0 aliphatic carbocycles. The first-order valence-electron chi connectivity index (χ1n) is 8.35. The summed E-state index contributed by atoms with van der Waals surface area (Å²) in [6, 6.07) is 3.14. The lowest BCUT2D eigenvalue weighted by Crippen LogP contribution is -2.42. The minimum atomic E-state index is -0.536. The molecule has 25 heavy (non-hydrogen) atoms. The first-order valence-corrected chi connectivity index (χ1v) is 8.35. The van der Waals surface area contributed by atoms with Crippen molar-refractivity contribution in [3.63, 3.8) is 0 Å². The van der Waals surface area contributed by atoms with Crippen LogP contribution in [0.4, 0.5) is 11.4 Å². The largest absolute Gasteiger partial charge is 0.481 e. The van der Waals surface area contributed by atoms with Gasteiger partial charge in [0.15, 0.2) is 6.61 Å². The van der Waals surface area contributed by atoms with E-state index >= 15 is 0 Å². The van der Waals surface area contributed by atoms with E-state index in [4.69, 9.17) is 19.9 Å². The zero-order valence-corrected chi connectivity index (χ0v) is 14.3. The Bertz CT molecular complexity index is 658. The molecular formula is C17H23N3O5. The average Bonchev–Trinajstić information content (AvgIpc) is 2.63. The van der Waals surface area contributed by atoms with Crippen molar-refractivity contribution in [1.29, 1.82) is 0 Å². The van der Waals surface area contributed by atoms with E-state index in [0.717, 1.165) is 39.3 Å². The van der Waals surface area contributed by atoms with Crippen molar-refractivity contribution in [3.8, 4) is 5.75 Å². The number of anilines is 2. The Labute approximate surface area is 146 Å². The molecule has 3 rings (SSSR count). The highest BCUT2D eigenvalue weighted by Gasteiger charge is 2.28. The molecular weight excluding hydrogens is 326 g/mol. The van der Waals surface area contributed by atoms with E-state index in [1.54, 1.807) is 17.0 Å². The lowest BCUT2D eigenvalue weighted by molar-refractivity contribution is -0.121. The van der Waals surface area contributed by atoms with Gasteiger partial charge in [0.05, 0.1) is 31.6 Å². The molecule has 0 radical (unpaired) electrons. The number of carbonyl (C=O) groups is 2. The van der Waals surface area contributed by atoms with Crippen molar-refractivity contribution in [2.75, 3.05) is 63.7 Å². The van der Waals surface area contributed by atoms with Crippen molar-refractivity contribution in [1.82, 2.24) is 4.90 Å². The topological polar surface area (TPSA) is 94.3 Å². The number of nitrogens with zero attached hydrogens (tertiary/aromatic N) is 2. The summed E-state index contributed by atoms with van der Waals surface area (Å²) in [5.74, 6) is -0.155. The van der Waals surface area contributed by atoms with Gasteiger partial charge in [-0.1, -0.05) is 0 Å². The molecule has 0 saturated carbocycles. The molecule has 2 N–H and O–H groups in total. The fourth-order valence-corrected chi connectivity index (χ4v) is 3.07. The van der Waals surface area contributed by atoms with Crippen LogP contribution in [0.25, 0.3) is 0 Å². The third-order valence-electron chi connectivity index (χ3n) is 4.44. The minimum absolute atomic E-state index is 0.0262. The first kappa shape index (κ1) is 17.5. The van der Waals surface area contributed by atoms with Gasteiger partial charge in [-0.25, -0.2) is 4.79 Å². The molecule has 0 unspecified atom stereocenters. The zero-order valence-electron chi connectivity index (χ0n) is 14.3. The van der Waals surface area contributed by atoms with Gasteiger partial charge in [-0.05, 0) is 12.5 Å². The Morgan fingerprint density at radius 2 is 2.04 bits per heavy atom. The van der Waals surface area contributed by atoms with E-state index < -0.39 is 5.97 Å². The molecule has 2 aliphatic rings. The molecule has 1 aromatic rings. The van der Waals surface area contributed by atoms with Crippen molar-refractivity contribution in [2.45, 2.75) is 6.42 Å². The van der Waals surface area contributed by atoms with E-state index in [1.807, 2.05) is 0 Å². The summed E-state index contributed by atoms with van der Waals surface area (Å²) in [6.45, 7) is 4.75. The Morgan fingerprint density at radius 1 is 1.28 bits per heavy atom. The molecule has 1 aromatic carbocycles. The van der Waals surface area contributed by atoms with Crippen LogP contribution in [0.15, 0.2) is 12.1 Å². The summed E-state index contributed by atoms with van der Waals surface area (Å²) in [5.41, 5.74) is 6.96. The van der Waals surface area contributed by atoms with Crippen LogP contribution in [-0.4, -0.2) is 69.9 Å². The van der Waals surface area contributed by atoms with Crippen LogP contribution in [-0.2, 0) is 14.3 Å². The normalized spacial score (nSPS) is 17.8. The van der Waals surface area contributed by atoms with Crippen LogP contribution in [0.1, 0.15) is 16.8 Å². The summed E-state index contributed by atoms with van der Waals surface area (Å²) in [6.07, 6.45) is 0.823. The standard InChI is InChI=1S/C17H23N3O5/c1-23-17(22)12-9-14-15(10-13(12)18)25-11-16(21)20(14)4-2-3-19-5-7-24-8-6-19/h9-10H,2-8,11,18H2,1H3. The van der Waals surface area contributed by atoms with Crippen LogP contribution in [0.2, 0.25) is 0 Å². The van der Waals surface area contributed by atoms with Gasteiger partial charge in [-0.15, -0.1) is 0 Å². The number of methoxy groups -OCH3 is 1. The highest BCUT2D eigenvalue weighted by Crippen LogP contribution is 2.36.